The van der Waals surface area contributed by atoms with E-state index in [4.69, 9.17) is 0 Å². The standard InChI is InChI=1S/C25H27F6NO3S/c1-23(2,36(34,35)20-7-4-6-19(13-20)24(26,27)28)14-17-11-16(12-17)5-3-8-21(33)18-9-10-22(32-15-18)25(29,30)31/h4,6-7,9-10,13,15-17H,3,5,8,11-12,14H2,1-2H3. The van der Waals surface area contributed by atoms with Crippen LogP contribution in [0.3, 0.4) is 0 Å². The van der Waals surface area contributed by atoms with Crippen molar-refractivity contribution in [2.24, 2.45) is 11.8 Å². The van der Waals surface area contributed by atoms with Crippen molar-refractivity contribution in [3.8, 4) is 0 Å². The van der Waals surface area contributed by atoms with Gasteiger partial charge in [-0.25, -0.2) is 8.42 Å². The molecule has 1 saturated carbocycles. The average molecular weight is 536 g/mol. The minimum Gasteiger partial charge on any atom is -0.294 e. The summed E-state index contributed by atoms with van der Waals surface area (Å²) in [5.74, 6) is 0.0985. The van der Waals surface area contributed by atoms with E-state index < -0.39 is 38.2 Å². The molecule has 1 fully saturated rings. The summed E-state index contributed by atoms with van der Waals surface area (Å²) in [5.41, 5.74) is -1.95. The molecule has 1 aromatic heterocycles. The van der Waals surface area contributed by atoms with Gasteiger partial charge >= 0.3 is 12.4 Å². The highest BCUT2D eigenvalue weighted by molar-refractivity contribution is 7.92. The van der Waals surface area contributed by atoms with Gasteiger partial charge in [-0.15, -0.1) is 0 Å². The first-order valence-corrected chi connectivity index (χ1v) is 13.0. The van der Waals surface area contributed by atoms with Gasteiger partial charge in [-0.3, -0.25) is 9.78 Å². The predicted molar refractivity (Wildman–Crippen MR) is 121 cm³/mol. The summed E-state index contributed by atoms with van der Waals surface area (Å²) in [6, 6.07) is 5.67. The van der Waals surface area contributed by atoms with Gasteiger partial charge in [0.1, 0.15) is 5.69 Å². The molecule has 4 nitrogen and oxygen atoms in total. The van der Waals surface area contributed by atoms with Crippen molar-refractivity contribution < 1.29 is 39.6 Å². The van der Waals surface area contributed by atoms with Crippen molar-refractivity contribution in [2.45, 2.75) is 74.4 Å². The van der Waals surface area contributed by atoms with Gasteiger partial charge < -0.3 is 0 Å². The van der Waals surface area contributed by atoms with Gasteiger partial charge in [-0.2, -0.15) is 26.3 Å². The van der Waals surface area contributed by atoms with E-state index in [2.05, 4.69) is 4.98 Å². The van der Waals surface area contributed by atoms with E-state index in [-0.39, 0.29) is 28.6 Å². The van der Waals surface area contributed by atoms with Crippen molar-refractivity contribution in [2.75, 3.05) is 0 Å². The molecule has 0 radical (unpaired) electrons. The molecular weight excluding hydrogens is 508 g/mol. The lowest BCUT2D eigenvalue weighted by molar-refractivity contribution is -0.141. The van der Waals surface area contributed by atoms with Crippen LogP contribution in [0, 0.1) is 11.8 Å². The molecule has 0 amide bonds. The molecule has 0 spiro atoms. The number of nitrogens with zero attached hydrogens (tertiary/aromatic N) is 1. The Balaban J connectivity index is 1.48. The van der Waals surface area contributed by atoms with Crippen LogP contribution in [0.1, 0.15) is 74.0 Å². The van der Waals surface area contributed by atoms with Crippen LogP contribution in [-0.4, -0.2) is 23.9 Å². The Morgan fingerprint density at radius 1 is 0.972 bits per heavy atom. The van der Waals surface area contributed by atoms with E-state index in [1.165, 1.54) is 19.9 Å². The van der Waals surface area contributed by atoms with Crippen LogP contribution < -0.4 is 0 Å². The SMILES string of the molecule is CC(C)(CC1CC(CCCC(=O)c2ccc(C(F)(F)F)nc2)C1)S(=O)(=O)c1cccc(C(F)(F)F)c1. The Labute approximate surface area is 206 Å². The van der Waals surface area contributed by atoms with Crippen molar-refractivity contribution in [1.29, 1.82) is 0 Å². The molecule has 198 valence electrons. The molecular formula is C25H27F6NO3S. The normalized spacial score (nSPS) is 19.1. The highest BCUT2D eigenvalue weighted by Gasteiger charge is 2.42. The second kappa shape index (κ2) is 10.1. The average Bonchev–Trinajstić information content (AvgIpc) is 2.76. The zero-order chi connectivity index (χ0) is 26.9. The summed E-state index contributed by atoms with van der Waals surface area (Å²) in [6.07, 6.45) is -5.04. The quantitative estimate of drug-likeness (QED) is 0.253. The molecule has 0 saturated heterocycles. The second-order valence-electron chi connectivity index (χ2n) is 9.94. The van der Waals surface area contributed by atoms with Gasteiger partial charge in [0.25, 0.3) is 0 Å². The minimum atomic E-state index is -4.64. The van der Waals surface area contributed by atoms with Crippen LogP contribution in [0.15, 0.2) is 47.5 Å². The molecule has 1 aliphatic rings. The molecule has 0 N–H and O–H groups in total. The van der Waals surface area contributed by atoms with Crippen LogP contribution in [-0.2, 0) is 22.2 Å². The summed E-state index contributed by atoms with van der Waals surface area (Å²) in [5, 5.41) is 0. The van der Waals surface area contributed by atoms with Gasteiger partial charge in [-0.1, -0.05) is 6.07 Å². The topological polar surface area (TPSA) is 64.1 Å². The molecule has 36 heavy (non-hydrogen) atoms. The van der Waals surface area contributed by atoms with E-state index in [9.17, 15) is 39.6 Å². The highest BCUT2D eigenvalue weighted by Crippen LogP contribution is 2.44. The lowest BCUT2D eigenvalue weighted by atomic mass is 9.69. The summed E-state index contributed by atoms with van der Waals surface area (Å²) in [7, 11) is -4.00. The molecule has 0 bridgehead atoms. The van der Waals surface area contributed by atoms with Crippen molar-refractivity contribution >= 4 is 15.6 Å². The molecule has 0 unspecified atom stereocenters. The van der Waals surface area contributed by atoms with Crippen molar-refractivity contribution in [3.63, 3.8) is 0 Å². The number of carbonyl (C=O) groups is 1. The van der Waals surface area contributed by atoms with E-state index in [1.54, 1.807) is 0 Å². The van der Waals surface area contributed by atoms with Gasteiger partial charge in [0.2, 0.25) is 0 Å². The van der Waals surface area contributed by atoms with E-state index in [0.29, 0.717) is 24.8 Å². The smallest absolute Gasteiger partial charge is 0.294 e. The van der Waals surface area contributed by atoms with E-state index >= 15 is 0 Å². The predicted octanol–water partition coefficient (Wildman–Crippen LogP) is 7.14. The Bertz CT molecular complexity index is 1180. The van der Waals surface area contributed by atoms with Crippen LogP contribution >= 0.6 is 0 Å². The molecule has 0 aliphatic heterocycles. The number of carbonyl (C=O) groups excluding carboxylic acids is 1. The molecule has 2 aromatic rings. The Morgan fingerprint density at radius 3 is 2.19 bits per heavy atom. The van der Waals surface area contributed by atoms with Gasteiger partial charge in [0.05, 0.1) is 15.2 Å². The third kappa shape index (κ3) is 6.46. The molecule has 1 heterocycles. The number of benzene rings is 1. The van der Waals surface area contributed by atoms with Gasteiger partial charge in [0.15, 0.2) is 15.6 Å². The number of sulfone groups is 1. The molecule has 1 aliphatic carbocycles. The first kappa shape index (κ1) is 28.1. The third-order valence-corrected chi connectivity index (χ3v) is 9.20. The number of Topliss-reactive ketones (excluding diaryl/α,β-unsaturated/α-hetero) is 1. The Morgan fingerprint density at radius 2 is 1.64 bits per heavy atom. The summed E-state index contributed by atoms with van der Waals surface area (Å²) >= 11 is 0. The van der Waals surface area contributed by atoms with Crippen molar-refractivity contribution in [3.05, 3.63) is 59.4 Å². The molecule has 0 atom stereocenters. The number of halogens is 6. The summed E-state index contributed by atoms with van der Waals surface area (Å²) in [6.45, 7) is 3.04. The van der Waals surface area contributed by atoms with E-state index in [0.717, 1.165) is 49.7 Å². The molecule has 1 aromatic carbocycles. The third-order valence-electron chi connectivity index (χ3n) is 6.70. The van der Waals surface area contributed by atoms with Crippen LogP contribution in [0.5, 0.6) is 0 Å². The van der Waals surface area contributed by atoms with Gasteiger partial charge in [0, 0.05) is 18.2 Å². The number of hydrogen-bond donors (Lipinski definition) is 0. The van der Waals surface area contributed by atoms with Crippen LogP contribution in [0.25, 0.3) is 0 Å². The lowest BCUT2D eigenvalue weighted by Crippen LogP contribution is -2.38. The Kier molecular flexibility index (Phi) is 7.93. The largest absolute Gasteiger partial charge is 0.433 e. The number of alkyl halides is 6. The number of hydrogen-bond acceptors (Lipinski definition) is 4. The number of ketones is 1. The lowest BCUT2D eigenvalue weighted by Gasteiger charge is -2.40. The fourth-order valence-corrected chi connectivity index (χ4v) is 6.29. The van der Waals surface area contributed by atoms with Crippen LogP contribution in [0.4, 0.5) is 26.3 Å². The fourth-order valence-electron chi connectivity index (χ4n) is 4.66. The zero-order valence-corrected chi connectivity index (χ0v) is 20.6. The van der Waals surface area contributed by atoms with Crippen molar-refractivity contribution in [1.82, 2.24) is 4.98 Å². The van der Waals surface area contributed by atoms with E-state index in [1.807, 2.05) is 0 Å². The zero-order valence-electron chi connectivity index (χ0n) is 19.8. The minimum absolute atomic E-state index is 0.0976. The first-order chi connectivity index (χ1) is 16.5. The first-order valence-electron chi connectivity index (χ1n) is 11.5. The fraction of sp³-hybridized carbons (Fsp3) is 0.520. The molecule has 3 rings (SSSR count). The molecule has 11 heteroatoms. The maximum atomic E-state index is 13.1. The monoisotopic (exact) mass is 535 g/mol. The maximum Gasteiger partial charge on any atom is 0.433 e. The summed E-state index contributed by atoms with van der Waals surface area (Å²) < 4.78 is 102. The number of rotatable bonds is 9. The van der Waals surface area contributed by atoms with Gasteiger partial charge in [-0.05, 0) is 88.1 Å². The number of aromatic nitrogens is 1. The highest BCUT2D eigenvalue weighted by atomic mass is 32.2. The maximum absolute atomic E-state index is 13.1. The Hall–Kier alpha value is -2.43. The summed E-state index contributed by atoms with van der Waals surface area (Å²) in [4.78, 5) is 15.2. The second-order valence-corrected chi connectivity index (χ2v) is 12.5. The number of pyridine rings is 1. The van der Waals surface area contributed by atoms with Crippen LogP contribution in [0.2, 0.25) is 0 Å².